The van der Waals surface area contributed by atoms with Crippen LogP contribution in [-0.4, -0.2) is 20.2 Å². The quantitative estimate of drug-likeness (QED) is 0.715. The van der Waals surface area contributed by atoms with E-state index >= 15 is 0 Å². The lowest BCUT2D eigenvalue weighted by Crippen LogP contribution is -1.93. The first-order chi connectivity index (χ1) is 9.43. The van der Waals surface area contributed by atoms with E-state index in [1.165, 1.54) is 0 Å². The van der Waals surface area contributed by atoms with Crippen molar-refractivity contribution in [3.63, 3.8) is 0 Å². The molecule has 4 heteroatoms. The minimum absolute atomic E-state index is 0.729. The molecule has 1 heterocycles. The molecule has 0 unspecified atom stereocenters. The van der Waals surface area contributed by atoms with Crippen molar-refractivity contribution in [2.24, 2.45) is 0 Å². The van der Waals surface area contributed by atoms with Crippen molar-refractivity contribution >= 4 is 12.3 Å². The van der Waals surface area contributed by atoms with Crippen molar-refractivity contribution < 1.29 is 0 Å². The summed E-state index contributed by atoms with van der Waals surface area (Å²) in [6.45, 7) is 0. The van der Waals surface area contributed by atoms with Crippen LogP contribution in [-0.2, 0) is 0 Å². The van der Waals surface area contributed by atoms with E-state index in [1.54, 1.807) is 4.68 Å². The second-order valence-electron chi connectivity index (χ2n) is 4.04. The van der Waals surface area contributed by atoms with Gasteiger partial charge in [-0.2, -0.15) is 0 Å². The van der Waals surface area contributed by atoms with Gasteiger partial charge in [-0.3, -0.25) is 0 Å². The van der Waals surface area contributed by atoms with Gasteiger partial charge in [0.2, 0.25) is 0 Å². The number of hydrogen-bond donors (Lipinski definition) is 0. The maximum absolute atomic E-state index is 4.05. The Hall–Kier alpha value is -2.75. The molecule has 0 amide bonds. The van der Waals surface area contributed by atoms with Crippen LogP contribution in [0.15, 0.2) is 60.7 Å². The van der Waals surface area contributed by atoms with E-state index in [0.717, 1.165) is 17.0 Å². The molecule has 0 saturated carbocycles. The first-order valence-electron chi connectivity index (χ1n) is 6.00. The van der Waals surface area contributed by atoms with Crippen LogP contribution in [0.4, 0.5) is 0 Å². The Balaban J connectivity index is 1.91. The van der Waals surface area contributed by atoms with Crippen LogP contribution in [0.1, 0.15) is 5.56 Å². The molecule has 0 bridgehead atoms. The van der Waals surface area contributed by atoms with Crippen molar-refractivity contribution in [1.82, 2.24) is 20.2 Å². The molecule has 92 valence electrons. The Bertz CT molecular complexity index is 672. The summed E-state index contributed by atoms with van der Waals surface area (Å²) in [5, 5.41) is 11.7. The van der Waals surface area contributed by atoms with E-state index in [0.29, 0.717) is 0 Å². The van der Waals surface area contributed by atoms with Crippen LogP contribution < -0.4 is 0 Å². The van der Waals surface area contributed by atoms with E-state index in [2.05, 4.69) is 15.5 Å². The van der Waals surface area contributed by atoms with Gasteiger partial charge in [0.25, 0.3) is 0 Å². The topological polar surface area (TPSA) is 43.6 Å². The first kappa shape index (κ1) is 11.3. The normalized spacial score (nSPS) is 10.9. The Morgan fingerprint density at radius 3 is 2.26 bits per heavy atom. The van der Waals surface area contributed by atoms with E-state index in [1.807, 2.05) is 72.9 Å². The lowest BCUT2D eigenvalue weighted by Gasteiger charge is -1.98. The number of nitrogens with zero attached hydrogens (tertiary/aromatic N) is 4. The summed E-state index contributed by atoms with van der Waals surface area (Å²) in [6.07, 6.45) is 3.83. The van der Waals surface area contributed by atoms with Gasteiger partial charge in [-0.15, -0.1) is 5.10 Å². The summed E-state index contributed by atoms with van der Waals surface area (Å²) in [5.41, 5.74) is 2.10. The number of benzene rings is 2. The molecule has 2 aromatic carbocycles. The monoisotopic (exact) mass is 248 g/mol. The van der Waals surface area contributed by atoms with Crippen LogP contribution in [0.2, 0.25) is 0 Å². The van der Waals surface area contributed by atoms with Gasteiger partial charge in [0, 0.05) is 11.8 Å². The summed E-state index contributed by atoms with van der Waals surface area (Å²) in [7, 11) is 0. The molecule has 0 atom stereocenters. The third-order valence-corrected chi connectivity index (χ3v) is 2.73. The molecule has 0 N–H and O–H groups in total. The van der Waals surface area contributed by atoms with Gasteiger partial charge in [0.05, 0.1) is 0 Å². The van der Waals surface area contributed by atoms with Gasteiger partial charge in [-0.25, -0.2) is 4.68 Å². The van der Waals surface area contributed by atoms with Crippen molar-refractivity contribution in [1.29, 1.82) is 0 Å². The average molecular weight is 248 g/mol. The standard InChI is InChI=1S/C15H12N4/c1-3-7-13(8-4-1)11-12-19-15(16-17-18-19)14-9-5-2-6-10-14/h1-12H/b12-11+. The van der Waals surface area contributed by atoms with Crippen LogP contribution in [0.5, 0.6) is 0 Å². The highest BCUT2D eigenvalue weighted by Gasteiger charge is 2.05. The molecule has 19 heavy (non-hydrogen) atoms. The third-order valence-electron chi connectivity index (χ3n) is 2.73. The molecule has 0 spiro atoms. The second-order valence-corrected chi connectivity index (χ2v) is 4.04. The highest BCUT2D eigenvalue weighted by molar-refractivity contribution is 5.64. The molecular weight excluding hydrogens is 236 g/mol. The minimum atomic E-state index is 0.729. The van der Waals surface area contributed by atoms with E-state index in [9.17, 15) is 0 Å². The molecule has 3 rings (SSSR count). The van der Waals surface area contributed by atoms with Crippen LogP contribution >= 0.6 is 0 Å². The zero-order valence-electron chi connectivity index (χ0n) is 10.2. The number of tetrazole rings is 1. The first-order valence-corrected chi connectivity index (χ1v) is 6.00. The fourth-order valence-electron chi connectivity index (χ4n) is 1.79. The Morgan fingerprint density at radius 2 is 1.53 bits per heavy atom. The Kier molecular flexibility index (Phi) is 3.14. The third kappa shape index (κ3) is 2.57. The van der Waals surface area contributed by atoms with Crippen molar-refractivity contribution in [2.45, 2.75) is 0 Å². The molecule has 0 aliphatic rings. The second kappa shape index (κ2) is 5.27. The van der Waals surface area contributed by atoms with Gasteiger partial charge in [-0.1, -0.05) is 60.7 Å². The minimum Gasteiger partial charge on any atom is -0.200 e. The lowest BCUT2D eigenvalue weighted by molar-refractivity contribution is 0.821. The molecule has 0 aliphatic heterocycles. The summed E-state index contributed by atoms with van der Waals surface area (Å²) >= 11 is 0. The Morgan fingerprint density at radius 1 is 0.842 bits per heavy atom. The maximum atomic E-state index is 4.05. The zero-order chi connectivity index (χ0) is 12.9. The van der Waals surface area contributed by atoms with Crippen molar-refractivity contribution in [3.05, 3.63) is 66.2 Å². The van der Waals surface area contributed by atoms with Crippen LogP contribution in [0.25, 0.3) is 23.7 Å². The number of rotatable bonds is 3. The van der Waals surface area contributed by atoms with E-state index in [-0.39, 0.29) is 0 Å². The Labute approximate surface area is 111 Å². The summed E-state index contributed by atoms with van der Waals surface area (Å²) in [5.74, 6) is 0.729. The number of aromatic nitrogens is 4. The summed E-state index contributed by atoms with van der Waals surface area (Å²) < 4.78 is 1.67. The molecule has 0 aliphatic carbocycles. The largest absolute Gasteiger partial charge is 0.200 e. The molecule has 0 radical (unpaired) electrons. The highest BCUT2D eigenvalue weighted by atomic mass is 15.5. The van der Waals surface area contributed by atoms with Gasteiger partial charge in [0.1, 0.15) is 0 Å². The van der Waals surface area contributed by atoms with Gasteiger partial charge >= 0.3 is 0 Å². The SMILES string of the molecule is C(=C\n1nnnc1-c1ccccc1)/c1ccccc1. The molecular formula is C15H12N4. The summed E-state index contributed by atoms with van der Waals surface area (Å²) in [6, 6.07) is 19.9. The van der Waals surface area contributed by atoms with Crippen LogP contribution in [0.3, 0.4) is 0 Å². The van der Waals surface area contributed by atoms with Gasteiger partial charge in [0.15, 0.2) is 5.82 Å². The number of hydrogen-bond acceptors (Lipinski definition) is 3. The maximum Gasteiger partial charge on any atom is 0.186 e. The molecule has 3 aromatic rings. The molecule has 4 nitrogen and oxygen atoms in total. The fourth-order valence-corrected chi connectivity index (χ4v) is 1.79. The van der Waals surface area contributed by atoms with E-state index < -0.39 is 0 Å². The van der Waals surface area contributed by atoms with Gasteiger partial charge < -0.3 is 0 Å². The highest BCUT2D eigenvalue weighted by Crippen LogP contribution is 2.15. The fraction of sp³-hybridized carbons (Fsp3) is 0. The molecule has 0 fully saturated rings. The lowest BCUT2D eigenvalue weighted by atomic mass is 10.2. The van der Waals surface area contributed by atoms with Crippen LogP contribution in [0, 0.1) is 0 Å². The average Bonchev–Trinajstić information content (AvgIpc) is 2.95. The molecule has 0 saturated heterocycles. The van der Waals surface area contributed by atoms with Crippen molar-refractivity contribution in [3.8, 4) is 11.4 Å². The van der Waals surface area contributed by atoms with Gasteiger partial charge in [-0.05, 0) is 22.1 Å². The predicted molar refractivity (Wildman–Crippen MR) is 74.9 cm³/mol. The zero-order valence-corrected chi connectivity index (χ0v) is 10.2. The van der Waals surface area contributed by atoms with E-state index in [4.69, 9.17) is 0 Å². The smallest absolute Gasteiger partial charge is 0.186 e. The molecule has 1 aromatic heterocycles. The predicted octanol–water partition coefficient (Wildman–Crippen LogP) is 2.97. The van der Waals surface area contributed by atoms with Crippen molar-refractivity contribution in [2.75, 3.05) is 0 Å². The summed E-state index contributed by atoms with van der Waals surface area (Å²) in [4.78, 5) is 0.